The van der Waals surface area contributed by atoms with E-state index in [-0.39, 0.29) is 35.5 Å². The van der Waals surface area contributed by atoms with E-state index in [1.807, 2.05) is 0 Å². The molecular weight excluding hydrogens is 119 g/mol. The number of carbonyl (C=O) groups is 1. The maximum Gasteiger partial charge on any atom is 1.00 e. The fourth-order valence-corrected chi connectivity index (χ4v) is 0.372. The van der Waals surface area contributed by atoms with Gasteiger partial charge in [0.2, 0.25) is 0 Å². The van der Waals surface area contributed by atoms with Crippen LogP contribution in [0.15, 0.2) is 0 Å². The minimum atomic E-state index is -0.994. The Morgan fingerprint density at radius 3 is 2.12 bits per heavy atom. The molecule has 0 spiro atoms. The quantitative estimate of drug-likeness (QED) is 0.330. The standard InChI is InChI=1S/C4H6O3.Na/c5-4(6)3-1-7-2-3;/h3H,1-2H2,(H,5,6);/q;+1/p-1. The van der Waals surface area contributed by atoms with Crippen molar-refractivity contribution in [3.63, 3.8) is 0 Å². The Hall–Kier alpha value is 0.430. The van der Waals surface area contributed by atoms with Crippen molar-refractivity contribution in [2.75, 3.05) is 13.2 Å². The summed E-state index contributed by atoms with van der Waals surface area (Å²) < 4.78 is 4.58. The predicted molar refractivity (Wildman–Crippen MR) is 19.3 cm³/mol. The van der Waals surface area contributed by atoms with Crippen LogP contribution in [0.4, 0.5) is 0 Å². The Kier molecular flexibility index (Phi) is 3.64. The van der Waals surface area contributed by atoms with Crippen molar-refractivity contribution in [3.05, 3.63) is 0 Å². The third kappa shape index (κ3) is 1.74. The number of carboxylic acids is 1. The molecule has 3 nitrogen and oxygen atoms in total. The molecule has 0 unspecified atom stereocenters. The normalized spacial score (nSPS) is 18.5. The number of hydrogen-bond acceptors (Lipinski definition) is 3. The Bertz CT molecular complexity index is 89.3. The second-order valence-corrected chi connectivity index (χ2v) is 1.55. The van der Waals surface area contributed by atoms with E-state index in [0.29, 0.717) is 13.2 Å². The Labute approximate surface area is 69.3 Å². The zero-order chi connectivity index (χ0) is 5.28. The van der Waals surface area contributed by atoms with Crippen molar-refractivity contribution in [2.24, 2.45) is 5.92 Å². The van der Waals surface area contributed by atoms with E-state index in [0.717, 1.165) is 0 Å². The average Bonchev–Trinajstić information content (AvgIpc) is 1.23. The maximum absolute atomic E-state index is 9.79. The van der Waals surface area contributed by atoms with E-state index in [9.17, 15) is 9.90 Å². The second kappa shape index (κ2) is 3.45. The summed E-state index contributed by atoms with van der Waals surface area (Å²) in [4.78, 5) is 9.79. The zero-order valence-corrected chi connectivity index (χ0v) is 6.72. The minimum Gasteiger partial charge on any atom is -0.550 e. The molecule has 0 radical (unpaired) electrons. The summed E-state index contributed by atoms with van der Waals surface area (Å²) in [5, 5.41) is 9.79. The minimum absolute atomic E-state index is 0. The Morgan fingerprint density at radius 2 is 2.12 bits per heavy atom. The molecule has 0 atom stereocenters. The van der Waals surface area contributed by atoms with Crippen LogP contribution in [0.25, 0.3) is 0 Å². The van der Waals surface area contributed by atoms with Gasteiger partial charge in [0.25, 0.3) is 0 Å². The van der Waals surface area contributed by atoms with Gasteiger partial charge in [-0.05, 0) is 0 Å². The van der Waals surface area contributed by atoms with Crippen molar-refractivity contribution >= 4 is 5.97 Å². The molecule has 40 valence electrons. The van der Waals surface area contributed by atoms with Gasteiger partial charge in [0, 0.05) is 11.9 Å². The summed E-state index contributed by atoms with van der Waals surface area (Å²) in [7, 11) is 0. The molecule has 1 fully saturated rings. The molecule has 0 aromatic heterocycles. The van der Waals surface area contributed by atoms with Gasteiger partial charge in [-0.15, -0.1) is 0 Å². The number of hydrogen-bond donors (Lipinski definition) is 0. The van der Waals surface area contributed by atoms with Crippen molar-refractivity contribution in [1.29, 1.82) is 0 Å². The van der Waals surface area contributed by atoms with Crippen molar-refractivity contribution in [1.82, 2.24) is 0 Å². The molecule has 0 aromatic carbocycles. The van der Waals surface area contributed by atoms with Gasteiger partial charge in [0.05, 0.1) is 13.2 Å². The number of rotatable bonds is 1. The Morgan fingerprint density at radius 1 is 1.62 bits per heavy atom. The first-order valence-electron chi connectivity index (χ1n) is 2.09. The van der Waals surface area contributed by atoms with Crippen LogP contribution in [0.5, 0.6) is 0 Å². The zero-order valence-electron chi connectivity index (χ0n) is 4.72. The molecule has 1 aliphatic rings. The smallest absolute Gasteiger partial charge is 0.550 e. The SMILES string of the molecule is O=C([O-])C1COC1.[Na+]. The van der Waals surface area contributed by atoms with Crippen LogP contribution in [-0.4, -0.2) is 19.2 Å². The van der Waals surface area contributed by atoms with Crippen LogP contribution in [-0.2, 0) is 9.53 Å². The van der Waals surface area contributed by atoms with E-state index < -0.39 is 5.97 Å². The summed E-state index contributed by atoms with van der Waals surface area (Å²) in [6.45, 7) is 0.671. The molecular formula is C4H5NaO3. The molecule has 0 saturated carbocycles. The number of aliphatic carboxylic acids is 1. The third-order valence-corrected chi connectivity index (χ3v) is 0.971. The van der Waals surface area contributed by atoms with Crippen molar-refractivity contribution < 1.29 is 44.2 Å². The van der Waals surface area contributed by atoms with Gasteiger partial charge in [-0.1, -0.05) is 0 Å². The van der Waals surface area contributed by atoms with Gasteiger partial charge in [0.1, 0.15) is 0 Å². The van der Waals surface area contributed by atoms with Crippen LogP contribution in [0.3, 0.4) is 0 Å². The molecule has 1 heterocycles. The fraction of sp³-hybridized carbons (Fsp3) is 0.750. The second-order valence-electron chi connectivity index (χ2n) is 1.55. The third-order valence-electron chi connectivity index (χ3n) is 0.971. The first-order chi connectivity index (χ1) is 3.30. The molecule has 0 N–H and O–H groups in total. The monoisotopic (exact) mass is 124 g/mol. The first-order valence-corrected chi connectivity index (χ1v) is 2.09. The van der Waals surface area contributed by atoms with Gasteiger partial charge in [-0.2, -0.15) is 0 Å². The topological polar surface area (TPSA) is 49.4 Å². The molecule has 1 saturated heterocycles. The average molecular weight is 124 g/mol. The van der Waals surface area contributed by atoms with Gasteiger partial charge < -0.3 is 14.6 Å². The van der Waals surface area contributed by atoms with Crippen LogP contribution in [0.1, 0.15) is 0 Å². The molecule has 1 rings (SSSR count). The molecule has 0 aromatic rings. The summed E-state index contributed by atoms with van der Waals surface area (Å²) in [6, 6.07) is 0. The molecule has 0 bridgehead atoms. The van der Waals surface area contributed by atoms with Crippen molar-refractivity contribution in [2.45, 2.75) is 0 Å². The molecule has 0 amide bonds. The van der Waals surface area contributed by atoms with Crippen LogP contribution in [0, 0.1) is 5.92 Å². The van der Waals surface area contributed by atoms with E-state index >= 15 is 0 Å². The molecule has 8 heavy (non-hydrogen) atoms. The van der Waals surface area contributed by atoms with E-state index in [1.54, 1.807) is 0 Å². The van der Waals surface area contributed by atoms with E-state index in [1.165, 1.54) is 0 Å². The summed E-state index contributed by atoms with van der Waals surface area (Å²) >= 11 is 0. The number of ether oxygens (including phenoxy) is 1. The number of carboxylic acid groups (broad SMARTS) is 1. The molecule has 4 heteroatoms. The van der Waals surface area contributed by atoms with Crippen molar-refractivity contribution in [3.8, 4) is 0 Å². The summed E-state index contributed by atoms with van der Waals surface area (Å²) in [5.41, 5.74) is 0. The van der Waals surface area contributed by atoms with E-state index in [4.69, 9.17) is 0 Å². The van der Waals surface area contributed by atoms with Crippen LogP contribution in [0.2, 0.25) is 0 Å². The van der Waals surface area contributed by atoms with E-state index in [2.05, 4.69) is 4.74 Å². The van der Waals surface area contributed by atoms with Gasteiger partial charge in [-0.25, -0.2) is 0 Å². The van der Waals surface area contributed by atoms with Crippen LogP contribution >= 0.6 is 0 Å². The Balaban J connectivity index is 0.000000490. The summed E-state index contributed by atoms with van der Waals surface area (Å²) in [6.07, 6.45) is 0. The van der Waals surface area contributed by atoms with Crippen LogP contribution < -0.4 is 34.7 Å². The maximum atomic E-state index is 9.79. The number of carbonyl (C=O) groups excluding carboxylic acids is 1. The largest absolute Gasteiger partial charge is 1.00 e. The fourth-order valence-electron chi connectivity index (χ4n) is 0.372. The van der Waals surface area contributed by atoms with Gasteiger partial charge >= 0.3 is 29.6 Å². The molecule has 0 aliphatic carbocycles. The predicted octanol–water partition coefficient (Wildman–Crippen LogP) is -4.61. The van der Waals surface area contributed by atoms with Gasteiger partial charge in [0.15, 0.2) is 0 Å². The summed E-state index contributed by atoms with van der Waals surface area (Å²) in [5.74, 6) is -1.33. The molecule has 1 aliphatic heterocycles. The van der Waals surface area contributed by atoms with Gasteiger partial charge in [-0.3, -0.25) is 0 Å². The first kappa shape index (κ1) is 8.43.